The Morgan fingerprint density at radius 3 is 2.63 bits per heavy atom. The van der Waals surface area contributed by atoms with Gasteiger partial charge in [-0.1, -0.05) is 24.8 Å². The molecule has 4 aromatic rings. The van der Waals surface area contributed by atoms with Gasteiger partial charge in [-0.15, -0.1) is 0 Å². The van der Waals surface area contributed by atoms with Gasteiger partial charge < -0.3 is 29.7 Å². The number of carbonyl (C=O) groups is 1. The van der Waals surface area contributed by atoms with Crippen molar-refractivity contribution >= 4 is 49.7 Å². The largest absolute Gasteiger partial charge is 0.494 e. The van der Waals surface area contributed by atoms with Crippen molar-refractivity contribution in [2.24, 2.45) is 7.05 Å². The van der Waals surface area contributed by atoms with Crippen LogP contribution in [-0.2, 0) is 33.9 Å². The van der Waals surface area contributed by atoms with Crippen molar-refractivity contribution in [1.82, 2.24) is 19.4 Å². The van der Waals surface area contributed by atoms with Crippen LogP contribution in [0.4, 0.5) is 23.0 Å². The number of nitrogens with one attached hydrogen (secondary N) is 2. The molecule has 0 unspecified atom stereocenters. The molecule has 0 saturated carbocycles. The molecule has 2 N–H and O–H groups in total. The molecule has 1 aliphatic rings. The number of aryl methyl sites for hydroxylation is 2. The van der Waals surface area contributed by atoms with Gasteiger partial charge in [0.05, 0.1) is 47.1 Å². The van der Waals surface area contributed by atoms with Gasteiger partial charge in [-0.05, 0) is 32.3 Å². The molecule has 1 aliphatic heterocycles. The number of nitrogens with zero attached hydrogens (tertiary/aromatic N) is 5. The molecule has 0 aliphatic carbocycles. The third-order valence-electron chi connectivity index (χ3n) is 7.56. The van der Waals surface area contributed by atoms with Gasteiger partial charge in [0.25, 0.3) is 0 Å². The summed E-state index contributed by atoms with van der Waals surface area (Å²) in [6, 6.07) is 11.6. The number of sulfone groups is 1. The van der Waals surface area contributed by atoms with Gasteiger partial charge in [0.2, 0.25) is 11.9 Å². The molecule has 2 aromatic carbocycles. The summed E-state index contributed by atoms with van der Waals surface area (Å²) in [4.78, 5) is 26.2. The molecule has 5 rings (SSSR count). The van der Waals surface area contributed by atoms with Gasteiger partial charge in [-0.3, -0.25) is 4.79 Å². The van der Waals surface area contributed by atoms with Crippen LogP contribution in [0.2, 0.25) is 0 Å². The Hall–Kier alpha value is -4.42. The third-order valence-corrected chi connectivity index (χ3v) is 9.12. The monoisotopic (exact) mass is 603 g/mol. The van der Waals surface area contributed by atoms with Crippen LogP contribution in [-0.4, -0.2) is 80.9 Å². The smallest absolute Gasteiger partial charge is 0.247 e. The topological polar surface area (TPSA) is 122 Å². The first kappa shape index (κ1) is 30.1. The number of likely N-dealkylation sites (N-methyl/N-ethyl adjacent to an activating group) is 2. The van der Waals surface area contributed by atoms with E-state index in [4.69, 9.17) is 14.7 Å². The van der Waals surface area contributed by atoms with Crippen molar-refractivity contribution in [1.29, 1.82) is 0 Å². The van der Waals surface area contributed by atoms with E-state index in [1.165, 1.54) is 6.08 Å². The lowest BCUT2D eigenvalue weighted by Gasteiger charge is -2.26. The Balaban J connectivity index is 1.63. The minimum atomic E-state index is -3.28. The summed E-state index contributed by atoms with van der Waals surface area (Å²) in [5.74, 6) is 0.396. The number of hydrogen-bond donors (Lipinski definition) is 2. The van der Waals surface area contributed by atoms with E-state index in [-0.39, 0.29) is 17.4 Å². The van der Waals surface area contributed by atoms with Crippen molar-refractivity contribution in [3.05, 3.63) is 66.5 Å². The number of benzene rings is 2. The van der Waals surface area contributed by atoms with E-state index < -0.39 is 9.84 Å². The summed E-state index contributed by atoms with van der Waals surface area (Å²) in [5.41, 5.74) is 5.61. The number of carbonyl (C=O) groups excluding carboxylic acids is 1. The highest BCUT2D eigenvalue weighted by molar-refractivity contribution is 7.90. The van der Waals surface area contributed by atoms with E-state index in [2.05, 4.69) is 22.1 Å². The van der Waals surface area contributed by atoms with Crippen LogP contribution in [0.1, 0.15) is 11.3 Å². The Bertz CT molecular complexity index is 1810. The van der Waals surface area contributed by atoms with Crippen LogP contribution >= 0.6 is 0 Å². The number of methoxy groups -OCH3 is 1. The maximum Gasteiger partial charge on any atom is 0.247 e. The molecule has 0 saturated heterocycles. The predicted molar refractivity (Wildman–Crippen MR) is 172 cm³/mol. The molecule has 12 heteroatoms. The summed E-state index contributed by atoms with van der Waals surface area (Å²) >= 11 is 0. The van der Waals surface area contributed by atoms with Crippen LogP contribution in [0.25, 0.3) is 22.2 Å². The highest BCUT2D eigenvalue weighted by Crippen LogP contribution is 2.40. The zero-order chi connectivity index (χ0) is 30.9. The first-order valence-electron chi connectivity index (χ1n) is 13.9. The number of anilines is 4. The zero-order valence-electron chi connectivity index (χ0n) is 25.1. The van der Waals surface area contributed by atoms with E-state index in [0.29, 0.717) is 53.0 Å². The molecule has 11 nitrogen and oxygen atoms in total. The number of amides is 1. The number of fused-ring (bicyclic) bond motifs is 2. The summed E-state index contributed by atoms with van der Waals surface area (Å²) in [7, 11) is 6.20. The highest BCUT2D eigenvalue weighted by atomic mass is 32.2. The molecule has 1 amide bonds. The molecule has 0 atom stereocenters. The average molecular weight is 604 g/mol. The highest BCUT2D eigenvalue weighted by Gasteiger charge is 2.29. The van der Waals surface area contributed by atoms with Gasteiger partial charge in [0.1, 0.15) is 5.75 Å². The van der Waals surface area contributed by atoms with Crippen LogP contribution in [0.3, 0.4) is 0 Å². The minimum absolute atomic E-state index is 0.0282. The molecule has 0 fully saturated rings. The van der Waals surface area contributed by atoms with E-state index in [9.17, 15) is 13.2 Å². The van der Waals surface area contributed by atoms with Crippen LogP contribution in [0, 0.1) is 0 Å². The van der Waals surface area contributed by atoms with E-state index in [1.54, 1.807) is 13.2 Å². The molecule has 0 radical (unpaired) electrons. The molecule has 0 spiro atoms. The van der Waals surface area contributed by atoms with Crippen LogP contribution < -0.4 is 20.3 Å². The Morgan fingerprint density at radius 2 is 1.91 bits per heavy atom. The first-order chi connectivity index (χ1) is 20.5. The Kier molecular flexibility index (Phi) is 8.43. The van der Waals surface area contributed by atoms with E-state index >= 15 is 0 Å². The van der Waals surface area contributed by atoms with Crippen LogP contribution in [0.5, 0.6) is 5.75 Å². The minimum Gasteiger partial charge on any atom is -0.494 e. The number of rotatable bonds is 10. The van der Waals surface area contributed by atoms with Crippen molar-refractivity contribution in [2.75, 3.05) is 62.6 Å². The fraction of sp³-hybridized carbons (Fsp3) is 0.323. The van der Waals surface area contributed by atoms with Gasteiger partial charge in [0.15, 0.2) is 9.84 Å². The maximum atomic E-state index is 12.7. The fourth-order valence-electron chi connectivity index (χ4n) is 5.27. The van der Waals surface area contributed by atoms with Crippen LogP contribution in [0.15, 0.2) is 55.3 Å². The van der Waals surface area contributed by atoms with Gasteiger partial charge in [0, 0.05) is 67.9 Å². The second-order valence-corrected chi connectivity index (χ2v) is 13.1. The SMILES string of the molecule is C=CC(=O)Nc1cc(Nc2nc3c(c(-c4cn(C)c5ccccc45)n2)CS(=O)(=O)CC3)c(OC)cc1N(C)CCN(C)C. The van der Waals surface area contributed by atoms with Gasteiger partial charge in [-0.25, -0.2) is 18.4 Å². The molecule has 43 heavy (non-hydrogen) atoms. The number of hydrogen-bond acceptors (Lipinski definition) is 9. The quantitative estimate of drug-likeness (QED) is 0.259. The molecule has 3 heterocycles. The summed E-state index contributed by atoms with van der Waals surface area (Å²) in [6.45, 7) is 5.11. The van der Waals surface area contributed by atoms with Crippen molar-refractivity contribution in [2.45, 2.75) is 12.2 Å². The summed E-state index contributed by atoms with van der Waals surface area (Å²) < 4.78 is 33.2. The Morgan fingerprint density at radius 1 is 1.14 bits per heavy atom. The number of para-hydroxylation sites is 1. The first-order valence-corrected chi connectivity index (χ1v) is 15.7. The lowest BCUT2D eigenvalue weighted by atomic mass is 10.0. The lowest BCUT2D eigenvalue weighted by molar-refractivity contribution is -0.111. The van der Waals surface area contributed by atoms with E-state index in [1.807, 2.05) is 74.2 Å². The molecule has 226 valence electrons. The average Bonchev–Trinajstić information content (AvgIpc) is 3.31. The summed E-state index contributed by atoms with van der Waals surface area (Å²) in [6.07, 6.45) is 3.48. The van der Waals surface area contributed by atoms with Crippen molar-refractivity contribution < 1.29 is 17.9 Å². The third kappa shape index (κ3) is 6.35. The Labute approximate surface area is 252 Å². The van der Waals surface area contributed by atoms with Gasteiger partial charge >= 0.3 is 0 Å². The zero-order valence-corrected chi connectivity index (χ0v) is 26.0. The standard InChI is InChI=1S/C31H37N7O4S/c1-7-29(39)32-24-16-25(28(42-6)17-27(24)37(4)14-13-36(2)3)34-31-33-23-12-15-43(40,41)19-22(23)30(35-31)21-18-38(5)26-11-9-8-10-20(21)26/h7-11,16-18H,1,12-15,19H2,2-6H3,(H,32,39)(H,33,34,35). The predicted octanol–water partition coefficient (Wildman–Crippen LogP) is 3.98. The van der Waals surface area contributed by atoms with Gasteiger partial charge in [-0.2, -0.15) is 0 Å². The van der Waals surface area contributed by atoms with Crippen molar-refractivity contribution in [3.8, 4) is 17.0 Å². The molecule has 2 aromatic heterocycles. The second-order valence-electron chi connectivity index (χ2n) is 10.9. The molecular formula is C31H37N7O4S. The fourth-order valence-corrected chi connectivity index (χ4v) is 6.66. The van der Waals surface area contributed by atoms with E-state index in [0.717, 1.165) is 28.7 Å². The number of aromatic nitrogens is 3. The maximum absolute atomic E-state index is 12.7. The lowest BCUT2D eigenvalue weighted by Crippen LogP contribution is -2.29. The second kappa shape index (κ2) is 12.1. The molecular weight excluding hydrogens is 566 g/mol. The number of ether oxygens (including phenoxy) is 1. The summed E-state index contributed by atoms with van der Waals surface area (Å²) in [5, 5.41) is 7.18. The molecule has 0 bridgehead atoms. The normalized spacial score (nSPS) is 13.9. The van der Waals surface area contributed by atoms with Crippen molar-refractivity contribution in [3.63, 3.8) is 0 Å².